The minimum atomic E-state index is -0.641. The number of aromatic nitrogens is 3. The lowest BCUT2D eigenvalue weighted by molar-refractivity contribution is -0.0543. The molecule has 9 rings (SSSR count). The van der Waals surface area contributed by atoms with Crippen LogP contribution in [0.25, 0.3) is 32.2 Å². The van der Waals surface area contributed by atoms with Gasteiger partial charge in [0.1, 0.15) is 22.4 Å². The molecule has 10 nitrogen and oxygen atoms in total. The molecule has 210 valence electrons. The summed E-state index contributed by atoms with van der Waals surface area (Å²) in [5.41, 5.74) is 7.85. The first-order valence-corrected chi connectivity index (χ1v) is 14.3. The Morgan fingerprint density at radius 2 is 1.93 bits per heavy atom. The van der Waals surface area contributed by atoms with Crippen LogP contribution in [0.3, 0.4) is 0 Å². The van der Waals surface area contributed by atoms with E-state index in [2.05, 4.69) is 19.8 Å². The number of nitriles is 1. The van der Waals surface area contributed by atoms with Crippen LogP contribution in [0.5, 0.6) is 6.01 Å². The average Bonchev–Trinajstić information content (AvgIpc) is 3.56. The molecule has 4 fully saturated rings. The number of halogens is 2. The topological polar surface area (TPSA) is 123 Å². The summed E-state index contributed by atoms with van der Waals surface area (Å²) in [4.78, 5) is 18.3. The van der Waals surface area contributed by atoms with Crippen LogP contribution < -0.4 is 15.4 Å². The number of pyridine rings is 1. The number of piperidine rings is 1. The Morgan fingerprint density at radius 1 is 1.15 bits per heavy atom. The number of nitrogens with zero attached hydrogens (tertiary/aromatic N) is 6. The molecule has 0 radical (unpaired) electrons. The number of hydrogen-bond acceptors (Lipinski definition) is 11. The second kappa shape index (κ2) is 9.15. The van der Waals surface area contributed by atoms with Gasteiger partial charge in [0.25, 0.3) is 0 Å². The predicted octanol–water partition coefficient (Wildman–Crippen LogP) is 3.59. The summed E-state index contributed by atoms with van der Waals surface area (Å²) in [6.45, 7) is 4.82. The van der Waals surface area contributed by atoms with E-state index >= 15 is 4.39 Å². The van der Waals surface area contributed by atoms with E-state index < -0.39 is 11.6 Å². The number of rotatable bonds is 5. The van der Waals surface area contributed by atoms with Gasteiger partial charge in [-0.05, 0) is 17.5 Å². The molecule has 0 saturated carbocycles. The SMILES string of the molecule is COc1nc(N2C3CC2CN(CC2COC2)C3)c2c3c(c(-c4ncc(F)c5sc(N)c(C#N)c45)c(F)c2n1)COC3. The molecular weight excluding hydrogens is 552 g/mol. The number of piperazine rings is 1. The van der Waals surface area contributed by atoms with Gasteiger partial charge < -0.3 is 24.8 Å². The molecule has 41 heavy (non-hydrogen) atoms. The summed E-state index contributed by atoms with van der Waals surface area (Å²) in [5, 5.41) is 10.8. The van der Waals surface area contributed by atoms with Crippen LogP contribution in [-0.4, -0.2) is 71.9 Å². The van der Waals surface area contributed by atoms with E-state index in [9.17, 15) is 9.65 Å². The second-order valence-electron chi connectivity index (χ2n) is 11.1. The Bertz CT molecular complexity index is 1790. The van der Waals surface area contributed by atoms with Crippen molar-refractivity contribution in [2.75, 3.05) is 50.6 Å². The second-order valence-corrected chi connectivity index (χ2v) is 12.1. The highest BCUT2D eigenvalue weighted by Gasteiger charge is 2.47. The zero-order valence-electron chi connectivity index (χ0n) is 22.1. The first kappa shape index (κ1) is 25.0. The van der Waals surface area contributed by atoms with Crippen LogP contribution in [0.1, 0.15) is 23.1 Å². The lowest BCUT2D eigenvalue weighted by Gasteiger charge is -2.57. The van der Waals surface area contributed by atoms with E-state index in [1.54, 1.807) is 0 Å². The number of ether oxygens (including phenoxy) is 3. The van der Waals surface area contributed by atoms with E-state index in [0.717, 1.165) is 62.4 Å². The quantitative estimate of drug-likeness (QED) is 0.377. The molecule has 5 aliphatic rings. The highest BCUT2D eigenvalue weighted by atomic mass is 32.1. The molecule has 0 amide bonds. The maximum Gasteiger partial charge on any atom is 0.318 e. The third kappa shape index (κ3) is 3.57. The van der Waals surface area contributed by atoms with E-state index in [4.69, 9.17) is 24.9 Å². The monoisotopic (exact) mass is 577 g/mol. The Labute approximate surface area is 237 Å². The van der Waals surface area contributed by atoms with Crippen LogP contribution in [0.2, 0.25) is 0 Å². The Morgan fingerprint density at radius 3 is 2.63 bits per heavy atom. The summed E-state index contributed by atoms with van der Waals surface area (Å²) in [5.74, 6) is -0.0368. The number of benzene rings is 1. The molecule has 4 saturated heterocycles. The smallest absolute Gasteiger partial charge is 0.318 e. The van der Waals surface area contributed by atoms with Gasteiger partial charge in [0, 0.05) is 48.6 Å². The van der Waals surface area contributed by atoms with Gasteiger partial charge in [0.15, 0.2) is 11.6 Å². The third-order valence-electron chi connectivity index (χ3n) is 8.72. The minimum Gasteiger partial charge on any atom is -0.467 e. The predicted molar refractivity (Wildman–Crippen MR) is 148 cm³/mol. The van der Waals surface area contributed by atoms with Crippen LogP contribution in [-0.2, 0) is 22.7 Å². The van der Waals surface area contributed by atoms with Crippen molar-refractivity contribution in [3.8, 4) is 23.3 Å². The summed E-state index contributed by atoms with van der Waals surface area (Å²) < 4.78 is 48.4. The fourth-order valence-electron chi connectivity index (χ4n) is 6.85. The number of hydrogen-bond donors (Lipinski definition) is 1. The molecule has 5 aliphatic heterocycles. The number of nitrogens with two attached hydrogens (primary N) is 1. The maximum atomic E-state index is 16.8. The third-order valence-corrected chi connectivity index (χ3v) is 9.75. The number of nitrogen functional groups attached to an aromatic ring is 1. The van der Waals surface area contributed by atoms with Gasteiger partial charge in [-0.15, -0.1) is 11.3 Å². The Kier molecular flexibility index (Phi) is 5.59. The summed E-state index contributed by atoms with van der Waals surface area (Å²) >= 11 is 0.946. The van der Waals surface area contributed by atoms with Crippen LogP contribution >= 0.6 is 11.3 Å². The number of fused-ring (bicyclic) bond motifs is 6. The lowest BCUT2D eigenvalue weighted by atomic mass is 9.85. The van der Waals surface area contributed by atoms with Gasteiger partial charge in [0.05, 0.1) is 61.1 Å². The van der Waals surface area contributed by atoms with Crippen molar-refractivity contribution in [1.82, 2.24) is 19.9 Å². The number of thiophene rings is 1. The molecule has 4 aromatic rings. The molecule has 2 atom stereocenters. The minimum absolute atomic E-state index is 0.0550. The van der Waals surface area contributed by atoms with Crippen molar-refractivity contribution in [1.29, 1.82) is 5.26 Å². The first-order chi connectivity index (χ1) is 20.0. The van der Waals surface area contributed by atoms with Crippen LogP contribution in [0.15, 0.2) is 6.20 Å². The molecule has 3 aromatic heterocycles. The number of methoxy groups -OCH3 is 1. The average molecular weight is 578 g/mol. The van der Waals surface area contributed by atoms with Crippen molar-refractivity contribution in [3.63, 3.8) is 0 Å². The lowest BCUT2D eigenvalue weighted by Crippen LogP contribution is -2.70. The Balaban J connectivity index is 1.32. The molecule has 13 heteroatoms. The molecule has 0 aliphatic carbocycles. The zero-order chi connectivity index (χ0) is 28.0. The van der Waals surface area contributed by atoms with Gasteiger partial charge in [-0.1, -0.05) is 0 Å². The van der Waals surface area contributed by atoms with Crippen molar-refractivity contribution in [2.45, 2.75) is 31.7 Å². The van der Waals surface area contributed by atoms with Crippen molar-refractivity contribution >= 4 is 43.1 Å². The molecule has 0 spiro atoms. The summed E-state index contributed by atoms with van der Waals surface area (Å²) in [6, 6.07) is 2.58. The molecule has 1 aromatic carbocycles. The molecule has 8 heterocycles. The van der Waals surface area contributed by atoms with Crippen LogP contribution in [0.4, 0.5) is 19.6 Å². The van der Waals surface area contributed by atoms with Gasteiger partial charge in [-0.25, -0.2) is 8.78 Å². The fourth-order valence-corrected chi connectivity index (χ4v) is 7.77. The van der Waals surface area contributed by atoms with Crippen LogP contribution in [0, 0.1) is 28.9 Å². The summed E-state index contributed by atoms with van der Waals surface area (Å²) in [7, 11) is 1.46. The van der Waals surface area contributed by atoms with Gasteiger partial charge >= 0.3 is 6.01 Å². The van der Waals surface area contributed by atoms with Gasteiger partial charge in [-0.2, -0.15) is 15.2 Å². The Hall–Kier alpha value is -3.70. The number of anilines is 2. The standard InChI is InChI=1S/C28H25F2N7O3S/c1-38-28-34-24-21(27(35-28)37-13-2-14(37)7-36(6-13)5-12-8-39-9-12)17-11-40-10-16(17)19(22(24)30)23-20-15(3-31)26(32)41-25(20)18(29)4-33-23/h4,12-14H,2,5-11,32H2,1H3. The van der Waals surface area contributed by atoms with Gasteiger partial charge in [-0.3, -0.25) is 9.88 Å². The van der Waals surface area contributed by atoms with Crippen molar-refractivity contribution in [3.05, 3.63) is 34.5 Å². The maximum absolute atomic E-state index is 16.8. The fraction of sp³-hybridized carbons (Fsp3) is 0.429. The molecule has 2 N–H and O–H groups in total. The zero-order valence-corrected chi connectivity index (χ0v) is 22.9. The van der Waals surface area contributed by atoms with Gasteiger partial charge in [0.2, 0.25) is 0 Å². The van der Waals surface area contributed by atoms with E-state index in [1.165, 1.54) is 7.11 Å². The highest BCUT2D eigenvalue weighted by Crippen LogP contribution is 2.48. The first-order valence-electron chi connectivity index (χ1n) is 13.5. The molecular formula is C28H25F2N7O3S. The van der Waals surface area contributed by atoms with Crippen molar-refractivity contribution < 1.29 is 23.0 Å². The van der Waals surface area contributed by atoms with E-state index in [1.807, 2.05) is 6.07 Å². The largest absolute Gasteiger partial charge is 0.467 e. The normalized spacial score (nSPS) is 22.0. The highest BCUT2D eigenvalue weighted by molar-refractivity contribution is 7.23. The summed E-state index contributed by atoms with van der Waals surface area (Å²) in [6.07, 6.45) is 2.08. The molecule has 2 unspecified atom stereocenters. The molecule has 2 bridgehead atoms. The van der Waals surface area contributed by atoms with E-state index in [-0.39, 0.29) is 68.7 Å². The van der Waals surface area contributed by atoms with E-state index in [0.29, 0.717) is 22.7 Å². The van der Waals surface area contributed by atoms with Crippen molar-refractivity contribution in [2.24, 2.45) is 5.92 Å².